The molecule has 2 N–H and O–H groups in total. The Hall–Kier alpha value is -0.160. The fraction of sp³-hybridized carbons (Fsp3) is 1.00. The summed E-state index contributed by atoms with van der Waals surface area (Å²) in [4.78, 5) is 5.09. The summed E-state index contributed by atoms with van der Waals surface area (Å²) in [5.41, 5.74) is 0. The molecule has 0 amide bonds. The maximum atomic E-state index is 9.99. The van der Waals surface area contributed by atoms with Crippen LogP contribution in [0.3, 0.4) is 0 Å². The molecule has 0 spiro atoms. The van der Waals surface area contributed by atoms with E-state index < -0.39 is 0 Å². The molecule has 1 saturated carbocycles. The molecule has 2 aliphatic rings. The van der Waals surface area contributed by atoms with Crippen molar-refractivity contribution in [2.75, 3.05) is 45.8 Å². The molecule has 1 aliphatic heterocycles. The largest absolute Gasteiger partial charge is 0.390 e. The zero-order chi connectivity index (χ0) is 13.5. The minimum absolute atomic E-state index is 0.218. The van der Waals surface area contributed by atoms with Gasteiger partial charge in [0.05, 0.1) is 6.10 Å². The van der Waals surface area contributed by atoms with Crippen molar-refractivity contribution in [1.29, 1.82) is 0 Å². The average molecular weight is 269 g/mol. The summed E-state index contributed by atoms with van der Waals surface area (Å²) in [5.74, 6) is 0. The maximum absolute atomic E-state index is 9.99. The topological polar surface area (TPSA) is 38.7 Å². The summed E-state index contributed by atoms with van der Waals surface area (Å²) in [6.07, 6.45) is 6.57. The number of rotatable bonds is 7. The zero-order valence-corrected chi connectivity index (χ0v) is 12.5. The quantitative estimate of drug-likeness (QED) is 0.674. The van der Waals surface area contributed by atoms with Gasteiger partial charge in [-0.05, 0) is 25.8 Å². The average Bonchev–Trinajstić information content (AvgIpc) is 2.94. The van der Waals surface area contributed by atoms with Crippen molar-refractivity contribution < 1.29 is 5.11 Å². The SMILES string of the molecule is CCCNCC(O)CN1CCN(C2CCCC2)CC1. The molecule has 1 atom stereocenters. The summed E-state index contributed by atoms with van der Waals surface area (Å²) in [6.45, 7) is 9.36. The molecule has 0 bridgehead atoms. The van der Waals surface area contributed by atoms with Crippen LogP contribution in [0.2, 0.25) is 0 Å². The van der Waals surface area contributed by atoms with E-state index in [9.17, 15) is 5.11 Å². The van der Waals surface area contributed by atoms with Crippen LogP contribution < -0.4 is 5.32 Å². The van der Waals surface area contributed by atoms with E-state index in [0.717, 1.165) is 45.2 Å². The molecule has 0 aromatic rings. The summed E-state index contributed by atoms with van der Waals surface area (Å²) < 4.78 is 0. The van der Waals surface area contributed by atoms with Gasteiger partial charge in [-0.25, -0.2) is 0 Å². The second kappa shape index (κ2) is 8.20. The first-order chi connectivity index (χ1) is 9.29. The highest BCUT2D eigenvalue weighted by atomic mass is 16.3. The van der Waals surface area contributed by atoms with Gasteiger partial charge in [0.15, 0.2) is 0 Å². The molecule has 19 heavy (non-hydrogen) atoms. The summed E-state index contributed by atoms with van der Waals surface area (Å²) >= 11 is 0. The van der Waals surface area contributed by atoms with Crippen molar-refractivity contribution >= 4 is 0 Å². The normalized spacial score (nSPS) is 24.9. The van der Waals surface area contributed by atoms with E-state index >= 15 is 0 Å². The number of hydrogen-bond acceptors (Lipinski definition) is 4. The third kappa shape index (κ3) is 5.03. The second-order valence-electron chi connectivity index (χ2n) is 6.13. The van der Waals surface area contributed by atoms with Crippen LogP contribution in [-0.4, -0.2) is 72.9 Å². The lowest BCUT2D eigenvalue weighted by Gasteiger charge is -2.38. The number of nitrogens with zero attached hydrogens (tertiary/aromatic N) is 2. The summed E-state index contributed by atoms with van der Waals surface area (Å²) in [6, 6.07) is 0.860. The predicted octanol–water partition coefficient (Wildman–Crippen LogP) is 0.907. The van der Waals surface area contributed by atoms with E-state index in [1.165, 1.54) is 38.8 Å². The van der Waals surface area contributed by atoms with Crippen LogP contribution in [0.25, 0.3) is 0 Å². The van der Waals surface area contributed by atoms with Crippen LogP contribution in [0, 0.1) is 0 Å². The first-order valence-corrected chi connectivity index (χ1v) is 8.14. The molecule has 0 aromatic carbocycles. The van der Waals surface area contributed by atoms with Crippen LogP contribution in [-0.2, 0) is 0 Å². The lowest BCUT2D eigenvalue weighted by atomic mass is 10.1. The van der Waals surface area contributed by atoms with Crippen molar-refractivity contribution in [2.24, 2.45) is 0 Å². The Bertz CT molecular complexity index is 236. The van der Waals surface area contributed by atoms with Crippen molar-refractivity contribution in [3.8, 4) is 0 Å². The van der Waals surface area contributed by atoms with Gasteiger partial charge in [-0.2, -0.15) is 0 Å². The van der Waals surface area contributed by atoms with Crippen LogP contribution in [0.15, 0.2) is 0 Å². The molecule has 4 nitrogen and oxygen atoms in total. The Labute approximate surface area is 118 Å². The van der Waals surface area contributed by atoms with Gasteiger partial charge in [0.25, 0.3) is 0 Å². The van der Waals surface area contributed by atoms with Crippen LogP contribution in [0.5, 0.6) is 0 Å². The summed E-state index contributed by atoms with van der Waals surface area (Å²) in [5, 5.41) is 13.3. The summed E-state index contributed by atoms with van der Waals surface area (Å²) in [7, 11) is 0. The van der Waals surface area contributed by atoms with Gasteiger partial charge in [0, 0.05) is 45.3 Å². The maximum Gasteiger partial charge on any atom is 0.0791 e. The molecular formula is C15H31N3O. The smallest absolute Gasteiger partial charge is 0.0791 e. The molecule has 2 rings (SSSR count). The van der Waals surface area contributed by atoms with E-state index in [0.29, 0.717) is 0 Å². The van der Waals surface area contributed by atoms with Gasteiger partial charge in [0.2, 0.25) is 0 Å². The molecule has 1 saturated heterocycles. The Kier molecular flexibility index (Phi) is 6.57. The molecule has 0 aromatic heterocycles. The van der Waals surface area contributed by atoms with Crippen LogP contribution in [0.4, 0.5) is 0 Å². The Morgan fingerprint density at radius 1 is 1.16 bits per heavy atom. The third-order valence-electron chi connectivity index (χ3n) is 4.52. The third-order valence-corrected chi connectivity index (χ3v) is 4.52. The Morgan fingerprint density at radius 3 is 2.47 bits per heavy atom. The molecule has 4 heteroatoms. The Morgan fingerprint density at radius 2 is 1.84 bits per heavy atom. The monoisotopic (exact) mass is 269 g/mol. The van der Waals surface area contributed by atoms with Crippen LogP contribution >= 0.6 is 0 Å². The molecule has 1 unspecified atom stereocenters. The van der Waals surface area contributed by atoms with Crippen molar-refractivity contribution in [2.45, 2.75) is 51.2 Å². The molecule has 2 fully saturated rings. The minimum atomic E-state index is -0.218. The van der Waals surface area contributed by atoms with E-state index in [2.05, 4.69) is 22.0 Å². The van der Waals surface area contributed by atoms with Gasteiger partial charge < -0.3 is 10.4 Å². The number of aliphatic hydroxyl groups excluding tert-OH is 1. The highest BCUT2D eigenvalue weighted by Crippen LogP contribution is 2.24. The number of piperazine rings is 1. The molecule has 112 valence electrons. The first kappa shape index (κ1) is 15.2. The highest BCUT2D eigenvalue weighted by molar-refractivity contribution is 4.82. The Balaban J connectivity index is 1.60. The van der Waals surface area contributed by atoms with Gasteiger partial charge in [0.1, 0.15) is 0 Å². The van der Waals surface area contributed by atoms with Gasteiger partial charge in [-0.1, -0.05) is 19.8 Å². The van der Waals surface area contributed by atoms with Crippen molar-refractivity contribution in [3.05, 3.63) is 0 Å². The standard InChI is InChI=1S/C15H31N3O/c1-2-7-16-12-15(19)13-17-8-10-18(11-9-17)14-5-3-4-6-14/h14-16,19H,2-13H2,1H3. The van der Waals surface area contributed by atoms with Gasteiger partial charge in [-0.15, -0.1) is 0 Å². The molecular weight excluding hydrogens is 238 g/mol. The van der Waals surface area contributed by atoms with E-state index in [1.807, 2.05) is 0 Å². The van der Waals surface area contributed by atoms with E-state index in [4.69, 9.17) is 0 Å². The number of β-amino-alcohol motifs (C(OH)–C–C–N with tert-alkyl or cyclic N) is 1. The lowest BCUT2D eigenvalue weighted by Crippen LogP contribution is -2.52. The van der Waals surface area contributed by atoms with E-state index in [-0.39, 0.29) is 6.10 Å². The predicted molar refractivity (Wildman–Crippen MR) is 79.4 cm³/mol. The van der Waals surface area contributed by atoms with Crippen molar-refractivity contribution in [3.63, 3.8) is 0 Å². The second-order valence-corrected chi connectivity index (χ2v) is 6.13. The molecule has 1 aliphatic carbocycles. The number of hydrogen-bond donors (Lipinski definition) is 2. The fourth-order valence-corrected chi connectivity index (χ4v) is 3.39. The molecule has 0 radical (unpaired) electrons. The van der Waals surface area contributed by atoms with Gasteiger partial charge >= 0.3 is 0 Å². The lowest BCUT2D eigenvalue weighted by molar-refractivity contribution is 0.0574. The van der Waals surface area contributed by atoms with Crippen LogP contribution in [0.1, 0.15) is 39.0 Å². The van der Waals surface area contributed by atoms with Gasteiger partial charge in [-0.3, -0.25) is 9.80 Å². The molecule has 1 heterocycles. The van der Waals surface area contributed by atoms with Crippen molar-refractivity contribution in [1.82, 2.24) is 15.1 Å². The highest BCUT2D eigenvalue weighted by Gasteiger charge is 2.26. The van der Waals surface area contributed by atoms with E-state index in [1.54, 1.807) is 0 Å². The zero-order valence-electron chi connectivity index (χ0n) is 12.5. The number of nitrogens with one attached hydrogen (secondary N) is 1. The minimum Gasteiger partial charge on any atom is -0.390 e. The number of aliphatic hydroxyl groups is 1. The first-order valence-electron chi connectivity index (χ1n) is 8.14. The fourth-order valence-electron chi connectivity index (χ4n) is 3.39.